The third-order valence-corrected chi connectivity index (χ3v) is 4.05. The van der Waals surface area contributed by atoms with E-state index in [1.807, 2.05) is 0 Å². The van der Waals surface area contributed by atoms with Crippen molar-refractivity contribution in [3.63, 3.8) is 0 Å². The minimum absolute atomic E-state index is 0.228. The van der Waals surface area contributed by atoms with Crippen molar-refractivity contribution in [2.24, 2.45) is 5.92 Å². The molecule has 1 saturated carbocycles. The zero-order valence-electron chi connectivity index (χ0n) is 9.80. The number of hydrogen-bond donors (Lipinski definition) is 0. The number of carbonyl (C=O) groups excluding carboxylic acids is 1. The molecule has 2 nitrogen and oxygen atoms in total. The van der Waals surface area contributed by atoms with Crippen LogP contribution in [0.5, 0.6) is 0 Å². The number of halogens is 2. The summed E-state index contributed by atoms with van der Waals surface area (Å²) in [5, 5.41) is 0. The van der Waals surface area contributed by atoms with E-state index in [1.54, 1.807) is 12.1 Å². The highest BCUT2D eigenvalue weighted by atomic mass is 79.9. The van der Waals surface area contributed by atoms with Crippen molar-refractivity contribution in [1.29, 1.82) is 0 Å². The fourth-order valence-electron chi connectivity index (χ4n) is 2.64. The average Bonchev–Trinajstić information content (AvgIpc) is 2.27. The number of methoxy groups -OCH3 is 1. The first-order valence-corrected chi connectivity index (χ1v) is 6.33. The third kappa shape index (κ3) is 1.99. The molecule has 0 radical (unpaired) electrons. The summed E-state index contributed by atoms with van der Waals surface area (Å²) in [5.41, 5.74) is 0.250. The summed E-state index contributed by atoms with van der Waals surface area (Å²) < 4.78 is 18.5. The molecule has 0 saturated heterocycles. The lowest BCUT2D eigenvalue weighted by molar-refractivity contribution is -0.153. The van der Waals surface area contributed by atoms with E-state index in [0.717, 1.165) is 18.4 Å². The normalized spacial score (nSPS) is 27.4. The van der Waals surface area contributed by atoms with Gasteiger partial charge >= 0.3 is 5.97 Å². The predicted molar refractivity (Wildman–Crippen MR) is 66.2 cm³/mol. The second-order valence-electron chi connectivity index (χ2n) is 4.72. The summed E-state index contributed by atoms with van der Waals surface area (Å²) in [6.45, 7) is 2.10. The number of benzene rings is 1. The van der Waals surface area contributed by atoms with Crippen LogP contribution in [-0.2, 0) is 14.9 Å². The van der Waals surface area contributed by atoms with Crippen LogP contribution >= 0.6 is 15.9 Å². The molecule has 2 rings (SSSR count). The Hall–Kier alpha value is -0.900. The fraction of sp³-hybridized carbons (Fsp3) is 0.462. The summed E-state index contributed by atoms with van der Waals surface area (Å²) in [7, 11) is 1.39. The lowest BCUT2D eigenvalue weighted by Gasteiger charge is -2.44. The maximum atomic E-state index is 13.2. The van der Waals surface area contributed by atoms with Gasteiger partial charge in [-0.1, -0.05) is 13.0 Å². The molecule has 17 heavy (non-hydrogen) atoms. The first-order valence-electron chi connectivity index (χ1n) is 5.53. The van der Waals surface area contributed by atoms with Crippen molar-refractivity contribution < 1.29 is 13.9 Å². The highest BCUT2D eigenvalue weighted by Crippen LogP contribution is 2.49. The van der Waals surface area contributed by atoms with Gasteiger partial charge in [-0.15, -0.1) is 0 Å². The summed E-state index contributed by atoms with van der Waals surface area (Å²) in [4.78, 5) is 11.9. The van der Waals surface area contributed by atoms with Gasteiger partial charge in [0.25, 0.3) is 0 Å². The Morgan fingerprint density at radius 1 is 1.53 bits per heavy atom. The summed E-state index contributed by atoms with van der Waals surface area (Å²) in [5.74, 6) is -0.0480. The Morgan fingerprint density at radius 2 is 2.18 bits per heavy atom. The number of carbonyl (C=O) groups is 1. The molecular weight excluding hydrogens is 287 g/mol. The molecule has 4 heteroatoms. The van der Waals surface area contributed by atoms with Crippen molar-refractivity contribution in [1.82, 2.24) is 0 Å². The van der Waals surface area contributed by atoms with E-state index >= 15 is 0 Å². The summed E-state index contributed by atoms with van der Waals surface area (Å²) in [6.07, 6.45) is 1.52. The maximum absolute atomic E-state index is 13.2. The summed E-state index contributed by atoms with van der Waals surface area (Å²) in [6, 6.07) is 4.73. The Balaban J connectivity index is 2.40. The van der Waals surface area contributed by atoms with E-state index in [4.69, 9.17) is 4.74 Å². The first kappa shape index (κ1) is 12.6. The van der Waals surface area contributed by atoms with Crippen molar-refractivity contribution in [3.05, 3.63) is 34.1 Å². The van der Waals surface area contributed by atoms with Crippen LogP contribution in [0.2, 0.25) is 0 Å². The molecular formula is C13H14BrFO2. The van der Waals surface area contributed by atoms with Crippen molar-refractivity contribution in [2.45, 2.75) is 25.2 Å². The number of hydrogen-bond acceptors (Lipinski definition) is 2. The molecule has 1 aliphatic rings. The van der Waals surface area contributed by atoms with Gasteiger partial charge in [-0.25, -0.2) is 4.39 Å². The number of rotatable bonds is 2. The van der Waals surface area contributed by atoms with Crippen molar-refractivity contribution >= 4 is 21.9 Å². The molecule has 0 aromatic heterocycles. The first-order chi connectivity index (χ1) is 7.99. The van der Waals surface area contributed by atoms with E-state index in [-0.39, 0.29) is 11.8 Å². The monoisotopic (exact) mass is 300 g/mol. The largest absolute Gasteiger partial charge is 0.468 e. The smallest absolute Gasteiger partial charge is 0.316 e. The van der Waals surface area contributed by atoms with E-state index < -0.39 is 5.41 Å². The third-order valence-electron chi connectivity index (χ3n) is 3.44. The number of esters is 1. The molecule has 0 N–H and O–H groups in total. The quantitative estimate of drug-likeness (QED) is 0.782. The Labute approximate surface area is 108 Å². The molecule has 0 unspecified atom stereocenters. The van der Waals surface area contributed by atoms with Crippen LogP contribution in [0.15, 0.2) is 22.7 Å². The zero-order chi connectivity index (χ0) is 12.6. The molecule has 0 heterocycles. The average molecular weight is 301 g/mol. The van der Waals surface area contributed by atoms with Crippen LogP contribution in [0.1, 0.15) is 25.3 Å². The molecule has 0 bridgehead atoms. The minimum atomic E-state index is -0.579. The highest BCUT2D eigenvalue weighted by molar-refractivity contribution is 9.10. The van der Waals surface area contributed by atoms with E-state index in [1.165, 1.54) is 13.2 Å². The minimum Gasteiger partial charge on any atom is -0.468 e. The van der Waals surface area contributed by atoms with E-state index in [2.05, 4.69) is 22.9 Å². The second-order valence-corrected chi connectivity index (χ2v) is 5.57. The SMILES string of the molecule is COC(=O)C1(c2ccc(F)c(Br)c2)CC(C)C1. The van der Waals surface area contributed by atoms with Crippen LogP contribution in [0.4, 0.5) is 4.39 Å². The van der Waals surface area contributed by atoms with Crippen LogP contribution < -0.4 is 0 Å². The standard InChI is InChI=1S/C13H14BrFO2/c1-8-6-13(7-8,12(16)17-2)9-3-4-11(15)10(14)5-9/h3-5,8H,6-7H2,1-2H3. The molecule has 0 aliphatic heterocycles. The highest BCUT2D eigenvalue weighted by Gasteiger charge is 2.50. The topological polar surface area (TPSA) is 26.3 Å². The van der Waals surface area contributed by atoms with Crippen LogP contribution in [-0.4, -0.2) is 13.1 Å². The molecule has 1 aromatic rings. The van der Waals surface area contributed by atoms with Crippen molar-refractivity contribution in [3.8, 4) is 0 Å². The van der Waals surface area contributed by atoms with Gasteiger partial charge in [0.2, 0.25) is 0 Å². The maximum Gasteiger partial charge on any atom is 0.316 e. The van der Waals surface area contributed by atoms with Gasteiger partial charge in [0, 0.05) is 0 Å². The van der Waals surface area contributed by atoms with Crippen molar-refractivity contribution in [2.75, 3.05) is 7.11 Å². The lowest BCUT2D eigenvalue weighted by Crippen LogP contribution is -2.47. The lowest BCUT2D eigenvalue weighted by atomic mass is 9.59. The molecule has 0 amide bonds. The molecule has 1 aromatic carbocycles. The van der Waals surface area contributed by atoms with Gasteiger partial charge in [0.05, 0.1) is 17.0 Å². The molecule has 0 spiro atoms. The molecule has 0 atom stereocenters. The van der Waals surface area contributed by atoms with Gasteiger partial charge in [-0.3, -0.25) is 4.79 Å². The van der Waals surface area contributed by atoms with Crippen LogP contribution in [0.25, 0.3) is 0 Å². The van der Waals surface area contributed by atoms with Gasteiger partial charge in [0.1, 0.15) is 5.82 Å². The zero-order valence-corrected chi connectivity index (χ0v) is 11.4. The summed E-state index contributed by atoms with van der Waals surface area (Å²) >= 11 is 3.15. The van der Waals surface area contributed by atoms with E-state index in [0.29, 0.717) is 10.4 Å². The second kappa shape index (κ2) is 4.41. The molecule has 1 fully saturated rings. The predicted octanol–water partition coefficient (Wildman–Crippen LogP) is 3.43. The molecule has 92 valence electrons. The van der Waals surface area contributed by atoms with E-state index in [9.17, 15) is 9.18 Å². The van der Waals surface area contributed by atoms with Gasteiger partial charge in [-0.2, -0.15) is 0 Å². The van der Waals surface area contributed by atoms with Gasteiger partial charge in [-0.05, 0) is 52.4 Å². The van der Waals surface area contributed by atoms with Crippen LogP contribution in [0.3, 0.4) is 0 Å². The van der Waals surface area contributed by atoms with Gasteiger partial charge < -0.3 is 4.74 Å². The Kier molecular flexibility index (Phi) is 3.25. The Bertz CT molecular complexity index is 453. The van der Waals surface area contributed by atoms with Gasteiger partial charge in [0.15, 0.2) is 0 Å². The van der Waals surface area contributed by atoms with Crippen LogP contribution in [0, 0.1) is 11.7 Å². The Morgan fingerprint density at radius 3 is 2.65 bits per heavy atom. The molecule has 1 aliphatic carbocycles. The number of ether oxygens (including phenoxy) is 1. The fourth-order valence-corrected chi connectivity index (χ4v) is 3.02.